The number of halogens is 1. The Labute approximate surface area is 161 Å². The normalized spacial score (nSPS) is 13.0. The first-order valence-electron chi connectivity index (χ1n) is 8.59. The van der Waals surface area contributed by atoms with E-state index in [0.29, 0.717) is 18.7 Å². The van der Waals surface area contributed by atoms with E-state index in [1.165, 1.54) is 18.2 Å². The van der Waals surface area contributed by atoms with Crippen molar-refractivity contribution >= 4 is 40.5 Å². The average molecular weight is 388 g/mol. The fourth-order valence-electron chi connectivity index (χ4n) is 3.15. The number of benzene rings is 2. The van der Waals surface area contributed by atoms with Gasteiger partial charge in [-0.15, -0.1) is 0 Å². The quantitative estimate of drug-likeness (QED) is 0.628. The Morgan fingerprint density at radius 3 is 2.74 bits per heavy atom. The second kappa shape index (κ2) is 7.75. The van der Waals surface area contributed by atoms with Gasteiger partial charge in [0.2, 0.25) is 5.91 Å². The van der Waals surface area contributed by atoms with Crippen LogP contribution in [0, 0.1) is 10.1 Å². The fraction of sp³-hybridized carbons (Fsp3) is 0.263. The molecule has 1 N–H and O–H groups in total. The van der Waals surface area contributed by atoms with Gasteiger partial charge in [-0.3, -0.25) is 19.7 Å². The molecule has 1 aliphatic rings. The summed E-state index contributed by atoms with van der Waals surface area (Å²) in [6, 6.07) is 9.16. The summed E-state index contributed by atoms with van der Waals surface area (Å²) in [6.07, 6.45) is 2.14. The Hall–Kier alpha value is -2.93. The summed E-state index contributed by atoms with van der Waals surface area (Å²) in [7, 11) is 0. The molecule has 2 aromatic rings. The van der Waals surface area contributed by atoms with Gasteiger partial charge in [0.15, 0.2) is 0 Å². The SMILES string of the molecule is CCC(=O)N1CCCc2ccc(NC(=O)c3cc(Cl)ccc3[N+](=O)[O-])cc21. The van der Waals surface area contributed by atoms with Gasteiger partial charge >= 0.3 is 0 Å². The van der Waals surface area contributed by atoms with Crippen LogP contribution in [0.1, 0.15) is 35.7 Å². The predicted octanol–water partition coefficient (Wildman–Crippen LogP) is 4.19. The highest BCUT2D eigenvalue weighted by Gasteiger charge is 2.24. The summed E-state index contributed by atoms with van der Waals surface area (Å²) in [5.41, 5.74) is 1.83. The van der Waals surface area contributed by atoms with Crippen molar-refractivity contribution in [3.05, 3.63) is 62.7 Å². The maximum Gasteiger partial charge on any atom is 0.282 e. The van der Waals surface area contributed by atoms with Crippen LogP contribution in [0.3, 0.4) is 0 Å². The lowest BCUT2D eigenvalue weighted by molar-refractivity contribution is -0.385. The molecule has 0 aliphatic carbocycles. The molecule has 0 atom stereocenters. The predicted molar refractivity (Wildman–Crippen MR) is 103 cm³/mol. The first-order valence-corrected chi connectivity index (χ1v) is 8.97. The maximum atomic E-state index is 12.6. The summed E-state index contributed by atoms with van der Waals surface area (Å²) >= 11 is 5.89. The number of hydrogen-bond acceptors (Lipinski definition) is 4. The van der Waals surface area contributed by atoms with Crippen LogP contribution in [-0.4, -0.2) is 23.3 Å². The number of carbonyl (C=O) groups is 2. The van der Waals surface area contributed by atoms with Crippen molar-refractivity contribution in [1.29, 1.82) is 0 Å². The standard InChI is InChI=1S/C19H18ClN3O4/c1-2-18(24)22-9-3-4-12-5-7-14(11-17(12)22)21-19(25)15-10-13(20)6-8-16(15)23(26)27/h5-8,10-11H,2-4,9H2,1H3,(H,21,25). The molecule has 140 valence electrons. The zero-order valence-electron chi connectivity index (χ0n) is 14.7. The van der Waals surface area contributed by atoms with Crippen LogP contribution in [0.25, 0.3) is 0 Å². The molecule has 3 rings (SSSR count). The number of nitro groups is 1. The van der Waals surface area contributed by atoms with Gasteiger partial charge in [0.1, 0.15) is 5.56 Å². The number of nitrogens with zero attached hydrogens (tertiary/aromatic N) is 2. The van der Waals surface area contributed by atoms with E-state index in [2.05, 4.69) is 5.32 Å². The molecule has 1 aliphatic heterocycles. The van der Waals surface area contributed by atoms with E-state index in [4.69, 9.17) is 11.6 Å². The number of amides is 2. The fourth-order valence-corrected chi connectivity index (χ4v) is 3.32. The molecule has 0 aromatic heterocycles. The van der Waals surface area contributed by atoms with Crippen LogP contribution in [-0.2, 0) is 11.2 Å². The Balaban J connectivity index is 1.91. The van der Waals surface area contributed by atoms with Crippen LogP contribution in [0.4, 0.5) is 17.1 Å². The molecule has 0 unspecified atom stereocenters. The van der Waals surface area contributed by atoms with Gasteiger partial charge in [0.25, 0.3) is 11.6 Å². The molecule has 0 saturated carbocycles. The van der Waals surface area contributed by atoms with Crippen molar-refractivity contribution in [2.75, 3.05) is 16.8 Å². The van der Waals surface area contributed by atoms with E-state index >= 15 is 0 Å². The molecule has 0 radical (unpaired) electrons. The van der Waals surface area contributed by atoms with Crippen LogP contribution < -0.4 is 10.2 Å². The van der Waals surface area contributed by atoms with Gasteiger partial charge in [-0.25, -0.2) is 0 Å². The minimum absolute atomic E-state index is 0.0184. The van der Waals surface area contributed by atoms with E-state index in [0.717, 1.165) is 24.1 Å². The lowest BCUT2D eigenvalue weighted by Gasteiger charge is -2.29. The van der Waals surface area contributed by atoms with Crippen LogP contribution in [0.15, 0.2) is 36.4 Å². The number of fused-ring (bicyclic) bond motifs is 1. The highest BCUT2D eigenvalue weighted by Crippen LogP contribution is 2.31. The Kier molecular flexibility index (Phi) is 5.41. The number of carbonyl (C=O) groups excluding carboxylic acids is 2. The van der Waals surface area contributed by atoms with Crippen molar-refractivity contribution in [3.8, 4) is 0 Å². The molecule has 0 saturated heterocycles. The third-order valence-corrected chi connectivity index (χ3v) is 4.70. The third-order valence-electron chi connectivity index (χ3n) is 4.47. The van der Waals surface area contributed by atoms with Gasteiger partial charge in [-0.05, 0) is 42.7 Å². The molecule has 0 bridgehead atoms. The molecule has 2 amide bonds. The second-order valence-corrected chi connectivity index (χ2v) is 6.66. The number of anilines is 2. The van der Waals surface area contributed by atoms with E-state index < -0.39 is 10.8 Å². The molecule has 27 heavy (non-hydrogen) atoms. The molecule has 7 nitrogen and oxygen atoms in total. The Bertz CT molecular complexity index is 929. The van der Waals surface area contributed by atoms with Gasteiger partial charge in [-0.2, -0.15) is 0 Å². The zero-order valence-corrected chi connectivity index (χ0v) is 15.5. The summed E-state index contributed by atoms with van der Waals surface area (Å²) in [4.78, 5) is 37.0. The first-order chi connectivity index (χ1) is 12.9. The number of aryl methyl sites for hydroxylation is 1. The van der Waals surface area contributed by atoms with Crippen LogP contribution >= 0.6 is 11.6 Å². The van der Waals surface area contributed by atoms with E-state index in [-0.39, 0.29) is 22.2 Å². The zero-order chi connectivity index (χ0) is 19.6. The summed E-state index contributed by atoms with van der Waals surface area (Å²) in [6.45, 7) is 2.44. The summed E-state index contributed by atoms with van der Waals surface area (Å²) < 4.78 is 0. The van der Waals surface area contributed by atoms with E-state index in [1.807, 2.05) is 6.07 Å². The molecule has 8 heteroatoms. The van der Waals surface area contributed by atoms with Gasteiger partial charge < -0.3 is 10.2 Å². The average Bonchev–Trinajstić information content (AvgIpc) is 2.66. The van der Waals surface area contributed by atoms with Crippen LogP contribution in [0.2, 0.25) is 5.02 Å². The Morgan fingerprint density at radius 2 is 2.04 bits per heavy atom. The number of rotatable bonds is 4. The van der Waals surface area contributed by atoms with Gasteiger partial charge in [0.05, 0.1) is 4.92 Å². The van der Waals surface area contributed by atoms with Crippen molar-refractivity contribution < 1.29 is 14.5 Å². The van der Waals surface area contributed by atoms with Crippen LogP contribution in [0.5, 0.6) is 0 Å². The molecule has 0 spiro atoms. The van der Waals surface area contributed by atoms with E-state index in [1.54, 1.807) is 24.0 Å². The van der Waals surface area contributed by atoms with Gasteiger partial charge in [-0.1, -0.05) is 24.6 Å². The van der Waals surface area contributed by atoms with E-state index in [9.17, 15) is 19.7 Å². The number of nitro benzene ring substituents is 1. The maximum absolute atomic E-state index is 12.6. The lowest BCUT2D eigenvalue weighted by atomic mass is 10.0. The highest BCUT2D eigenvalue weighted by atomic mass is 35.5. The van der Waals surface area contributed by atoms with Crippen molar-refractivity contribution in [3.63, 3.8) is 0 Å². The monoisotopic (exact) mass is 387 g/mol. The lowest BCUT2D eigenvalue weighted by Crippen LogP contribution is -2.35. The minimum atomic E-state index is -0.631. The molecule has 2 aromatic carbocycles. The van der Waals surface area contributed by atoms with Crippen molar-refractivity contribution in [2.24, 2.45) is 0 Å². The number of hydrogen-bond donors (Lipinski definition) is 1. The smallest absolute Gasteiger partial charge is 0.282 e. The highest BCUT2D eigenvalue weighted by molar-refractivity contribution is 6.31. The van der Waals surface area contributed by atoms with Crippen molar-refractivity contribution in [2.45, 2.75) is 26.2 Å². The molecular formula is C19H18ClN3O4. The van der Waals surface area contributed by atoms with Crippen molar-refractivity contribution in [1.82, 2.24) is 0 Å². The largest absolute Gasteiger partial charge is 0.322 e. The molecule has 1 heterocycles. The first kappa shape index (κ1) is 18.8. The number of nitrogens with one attached hydrogen (secondary N) is 1. The topological polar surface area (TPSA) is 92.6 Å². The second-order valence-electron chi connectivity index (χ2n) is 6.22. The third kappa shape index (κ3) is 3.93. The summed E-state index contributed by atoms with van der Waals surface area (Å²) in [5.74, 6) is -0.613. The van der Waals surface area contributed by atoms with Gasteiger partial charge in [0, 0.05) is 35.4 Å². The summed E-state index contributed by atoms with van der Waals surface area (Å²) in [5, 5.41) is 14.1. The Morgan fingerprint density at radius 1 is 1.26 bits per heavy atom. The molecule has 0 fully saturated rings. The molecular weight excluding hydrogens is 370 g/mol. The minimum Gasteiger partial charge on any atom is -0.322 e.